The first kappa shape index (κ1) is 24.3. The summed E-state index contributed by atoms with van der Waals surface area (Å²) in [6.45, 7) is 0.866. The number of benzene rings is 2. The van der Waals surface area contributed by atoms with Crippen LogP contribution in [0.5, 0.6) is 17.2 Å². The Morgan fingerprint density at radius 2 is 1.44 bits per heavy atom. The van der Waals surface area contributed by atoms with Gasteiger partial charge in [-0.15, -0.1) is 0 Å². The molecule has 0 saturated carbocycles. The Kier molecular flexibility index (Phi) is 7.98. The molecule has 1 N–H and O–H groups in total. The van der Waals surface area contributed by atoms with E-state index in [1.54, 1.807) is 17.0 Å². The molecule has 0 aliphatic carbocycles. The van der Waals surface area contributed by atoms with Gasteiger partial charge in [-0.2, -0.15) is 0 Å². The predicted molar refractivity (Wildman–Crippen MR) is 125 cm³/mol. The van der Waals surface area contributed by atoms with Gasteiger partial charge in [0.05, 0.1) is 42.1 Å². The summed E-state index contributed by atoms with van der Waals surface area (Å²) in [5, 5.41) is 3.73. The normalized spacial score (nSPS) is 14.1. The average molecular weight is 502 g/mol. The first-order chi connectivity index (χ1) is 15.3. The van der Waals surface area contributed by atoms with Crippen molar-refractivity contribution >= 4 is 52.3 Å². The van der Waals surface area contributed by atoms with Crippen LogP contribution in [0.1, 0.15) is 23.2 Å². The van der Waals surface area contributed by atoms with E-state index in [-0.39, 0.29) is 17.7 Å². The van der Waals surface area contributed by atoms with Crippen LogP contribution in [0.3, 0.4) is 0 Å². The summed E-state index contributed by atoms with van der Waals surface area (Å²) in [5.41, 5.74) is 0.826. The first-order valence-corrected chi connectivity index (χ1v) is 11.0. The minimum atomic E-state index is -0.260. The highest BCUT2D eigenvalue weighted by Gasteiger charge is 2.29. The van der Waals surface area contributed by atoms with Gasteiger partial charge in [-0.25, -0.2) is 0 Å². The standard InChI is InChI=1S/C22H23Cl3N2O5/c1-30-18-8-13(9-19(31-2)20(18)32-3)22(29)27-6-4-12(5-7-27)21(28)26-17-11-15(24)14(23)10-16(17)25/h8-12H,4-7H2,1-3H3,(H,26,28). The number of ether oxygens (including phenoxy) is 3. The van der Waals surface area contributed by atoms with Crippen LogP contribution in [0.15, 0.2) is 24.3 Å². The van der Waals surface area contributed by atoms with Crippen LogP contribution in [0.25, 0.3) is 0 Å². The summed E-state index contributed by atoms with van der Waals surface area (Å²) in [5.74, 6) is 0.624. The number of hydrogen-bond acceptors (Lipinski definition) is 5. The molecule has 1 heterocycles. The molecule has 0 radical (unpaired) electrons. The molecule has 2 aromatic rings. The molecular weight excluding hydrogens is 479 g/mol. The molecular formula is C22H23Cl3N2O5. The Labute approximate surface area is 201 Å². The van der Waals surface area contributed by atoms with Gasteiger partial charge in [-0.3, -0.25) is 9.59 Å². The number of nitrogens with zero attached hydrogens (tertiary/aromatic N) is 1. The largest absolute Gasteiger partial charge is 0.493 e. The Bertz CT molecular complexity index is 998. The van der Waals surface area contributed by atoms with Crippen molar-refractivity contribution in [2.24, 2.45) is 5.92 Å². The van der Waals surface area contributed by atoms with Crippen LogP contribution in [-0.2, 0) is 4.79 Å². The fraction of sp³-hybridized carbons (Fsp3) is 0.364. The quantitative estimate of drug-likeness (QED) is 0.553. The smallest absolute Gasteiger partial charge is 0.254 e. The molecule has 0 spiro atoms. The zero-order chi connectivity index (χ0) is 23.4. The molecule has 172 valence electrons. The van der Waals surface area contributed by atoms with Crippen LogP contribution >= 0.6 is 34.8 Å². The van der Waals surface area contributed by atoms with E-state index in [9.17, 15) is 9.59 Å². The fourth-order valence-corrected chi connectivity index (χ4v) is 4.18. The number of piperidine rings is 1. The van der Waals surface area contributed by atoms with E-state index >= 15 is 0 Å². The number of likely N-dealkylation sites (tertiary alicyclic amines) is 1. The van der Waals surface area contributed by atoms with Crippen molar-refractivity contribution < 1.29 is 23.8 Å². The van der Waals surface area contributed by atoms with E-state index in [2.05, 4.69) is 5.32 Å². The van der Waals surface area contributed by atoms with Gasteiger partial charge < -0.3 is 24.4 Å². The zero-order valence-corrected chi connectivity index (χ0v) is 20.1. The third-order valence-corrected chi connectivity index (χ3v) is 6.37. The summed E-state index contributed by atoms with van der Waals surface area (Å²) >= 11 is 18.1. The summed E-state index contributed by atoms with van der Waals surface area (Å²) in [6.07, 6.45) is 1.03. The molecule has 0 aromatic heterocycles. The van der Waals surface area contributed by atoms with Crippen molar-refractivity contribution in [3.63, 3.8) is 0 Å². The van der Waals surface area contributed by atoms with E-state index in [0.717, 1.165) is 0 Å². The highest BCUT2D eigenvalue weighted by molar-refractivity contribution is 6.44. The van der Waals surface area contributed by atoms with Crippen LogP contribution in [-0.4, -0.2) is 51.1 Å². The number of methoxy groups -OCH3 is 3. The number of nitrogens with one attached hydrogen (secondary N) is 1. The number of anilines is 1. The second-order valence-electron chi connectivity index (χ2n) is 7.22. The third-order valence-electron chi connectivity index (χ3n) is 5.33. The molecule has 32 heavy (non-hydrogen) atoms. The SMILES string of the molecule is COc1cc(C(=O)N2CCC(C(=O)Nc3cc(Cl)c(Cl)cc3Cl)CC2)cc(OC)c1OC. The first-order valence-electron chi connectivity index (χ1n) is 9.83. The van der Waals surface area contributed by atoms with Gasteiger partial charge in [0.2, 0.25) is 11.7 Å². The van der Waals surface area contributed by atoms with Gasteiger partial charge in [0.15, 0.2) is 11.5 Å². The molecule has 1 aliphatic rings. The molecule has 10 heteroatoms. The van der Waals surface area contributed by atoms with Gasteiger partial charge in [-0.1, -0.05) is 34.8 Å². The van der Waals surface area contributed by atoms with Crippen molar-refractivity contribution in [2.75, 3.05) is 39.7 Å². The Morgan fingerprint density at radius 1 is 0.875 bits per heavy atom. The third kappa shape index (κ3) is 5.17. The van der Waals surface area contributed by atoms with Crippen molar-refractivity contribution in [3.05, 3.63) is 44.9 Å². The molecule has 7 nitrogen and oxygen atoms in total. The van der Waals surface area contributed by atoms with Gasteiger partial charge in [0, 0.05) is 24.6 Å². The Balaban J connectivity index is 1.66. The number of rotatable bonds is 6. The average Bonchev–Trinajstić information content (AvgIpc) is 2.81. The van der Waals surface area contributed by atoms with Crippen LogP contribution in [0, 0.1) is 5.92 Å². The van der Waals surface area contributed by atoms with Gasteiger partial charge >= 0.3 is 0 Å². The van der Waals surface area contributed by atoms with Gasteiger partial charge in [-0.05, 0) is 37.1 Å². The van der Waals surface area contributed by atoms with Gasteiger partial charge in [0.25, 0.3) is 5.91 Å². The monoisotopic (exact) mass is 500 g/mol. The lowest BCUT2D eigenvalue weighted by Gasteiger charge is -2.31. The van der Waals surface area contributed by atoms with Gasteiger partial charge in [0.1, 0.15) is 0 Å². The lowest BCUT2D eigenvalue weighted by atomic mass is 9.95. The van der Waals surface area contributed by atoms with E-state index < -0.39 is 0 Å². The maximum atomic E-state index is 13.0. The highest BCUT2D eigenvalue weighted by atomic mass is 35.5. The summed E-state index contributed by atoms with van der Waals surface area (Å²) in [6, 6.07) is 6.25. The Morgan fingerprint density at radius 3 is 1.97 bits per heavy atom. The minimum absolute atomic E-state index is 0.171. The molecule has 0 bridgehead atoms. The minimum Gasteiger partial charge on any atom is -0.493 e. The predicted octanol–water partition coefficient (Wildman–Crippen LogP) is 5.16. The highest BCUT2D eigenvalue weighted by Crippen LogP contribution is 2.39. The summed E-state index contributed by atoms with van der Waals surface area (Å²) in [4.78, 5) is 27.5. The zero-order valence-electron chi connectivity index (χ0n) is 17.8. The van der Waals surface area contributed by atoms with Crippen molar-refractivity contribution in [1.82, 2.24) is 4.90 Å². The summed E-state index contributed by atoms with van der Waals surface area (Å²) in [7, 11) is 4.49. The number of halogens is 3. The number of carbonyl (C=O) groups excluding carboxylic acids is 2. The fourth-order valence-electron chi connectivity index (χ4n) is 3.59. The Hall–Kier alpha value is -2.35. The van der Waals surface area contributed by atoms with E-state index in [1.807, 2.05) is 0 Å². The van der Waals surface area contributed by atoms with Crippen LogP contribution in [0.4, 0.5) is 5.69 Å². The lowest BCUT2D eigenvalue weighted by molar-refractivity contribution is -0.121. The van der Waals surface area contributed by atoms with Crippen molar-refractivity contribution in [3.8, 4) is 17.2 Å². The molecule has 1 aliphatic heterocycles. The topological polar surface area (TPSA) is 77.1 Å². The maximum Gasteiger partial charge on any atom is 0.254 e. The second kappa shape index (κ2) is 10.5. The number of amides is 2. The van der Waals surface area contributed by atoms with Crippen molar-refractivity contribution in [2.45, 2.75) is 12.8 Å². The number of carbonyl (C=O) groups is 2. The van der Waals surface area contributed by atoms with Crippen LogP contribution < -0.4 is 19.5 Å². The number of hydrogen-bond donors (Lipinski definition) is 1. The molecule has 1 saturated heterocycles. The molecule has 0 atom stereocenters. The molecule has 2 amide bonds. The van der Waals surface area contributed by atoms with E-state index in [4.69, 9.17) is 49.0 Å². The summed E-state index contributed by atoms with van der Waals surface area (Å²) < 4.78 is 16.0. The maximum absolute atomic E-state index is 13.0. The lowest BCUT2D eigenvalue weighted by Crippen LogP contribution is -2.41. The second-order valence-corrected chi connectivity index (χ2v) is 8.44. The molecule has 1 fully saturated rings. The molecule has 0 unspecified atom stereocenters. The molecule has 2 aromatic carbocycles. The van der Waals surface area contributed by atoms with E-state index in [0.29, 0.717) is 69.5 Å². The van der Waals surface area contributed by atoms with E-state index in [1.165, 1.54) is 33.5 Å². The molecule has 3 rings (SSSR count). The van der Waals surface area contributed by atoms with Crippen LogP contribution in [0.2, 0.25) is 15.1 Å². The van der Waals surface area contributed by atoms with Crippen molar-refractivity contribution in [1.29, 1.82) is 0 Å².